The van der Waals surface area contributed by atoms with Crippen LogP contribution in [0.15, 0.2) is 24.1 Å². The zero-order valence-corrected chi connectivity index (χ0v) is 50.1. The number of ketones is 1. The maximum absolute atomic E-state index is 15.2. The topological polar surface area (TPSA) is 622 Å². The number of nitrogen functional groups attached to an aromatic ring is 1. The van der Waals surface area contributed by atoms with E-state index < -0.39 is 189 Å². The summed E-state index contributed by atoms with van der Waals surface area (Å²) in [7, 11) is 0. The molecule has 0 aliphatic carbocycles. The predicted molar refractivity (Wildman–Crippen MR) is 307 cm³/mol. The number of rotatable bonds is 31. The highest BCUT2D eigenvalue weighted by Crippen LogP contribution is 2.38. The Bertz CT molecular complexity index is 3140. The van der Waals surface area contributed by atoms with Gasteiger partial charge in [-0.3, -0.25) is 33.6 Å². The lowest BCUT2D eigenvalue weighted by atomic mass is 9.83. The molecule has 2 aliphatic heterocycles. The number of hydrogen-bond donors (Lipinski definition) is 20. The second kappa shape index (κ2) is 31.8. The number of anilines is 1. The standard InChI is InChI=1S/C52H77N17O20S/c1-17-33(66-46(69-43(17)55)24(9-31(54)74)60-10-23(53)44(56)80)49(83)68-35(41(26-11-58-16-62-26)88-51-22(37(76)38(77)29(13-70)87-51)8-28-39(78)42(89-52(57)85)40(79)30(14-71)86-28)50(84)63-19(3)36(75)18(2)47(81)67-34(21(5)73)48(82)59-7-6-32-64-27(15-90-32)45-61-12-25(65-45)20(4)72/h11-12,15-16,18-19,21-24,28-30,34-42,51,60,70-71,73,75-79H,6-10,13-14,53H2,1-5H3,(H2,54,74)(H2,56,80)(H2,57,85)(H,58,62)(H,59,82)(H,61,65)(H,63,84)(H,67,81)(H,68,83)(H2,55,66,69). The van der Waals surface area contributed by atoms with Crippen LogP contribution in [-0.4, -0.2) is 241 Å². The van der Waals surface area contributed by atoms with E-state index in [2.05, 4.69) is 61.5 Å². The zero-order chi connectivity index (χ0) is 66.6. The Kier molecular flexibility index (Phi) is 25.1. The minimum Gasteiger partial charge on any atom is -0.441 e. The molecular weight excluding hydrogens is 1210 g/mol. The van der Waals surface area contributed by atoms with E-state index in [1.54, 1.807) is 5.38 Å². The number of carbonyl (C=O) groups is 8. The molecule has 4 aromatic heterocycles. The number of Topliss-reactive ketones (excluding diaryl/α,β-unsaturated/α-hetero) is 1. The molecule has 0 bridgehead atoms. The third-order valence-corrected chi connectivity index (χ3v) is 16.0. The fraction of sp³-hybridized carbons (Fsp3) is 0.596. The molecule has 90 heavy (non-hydrogen) atoms. The van der Waals surface area contributed by atoms with E-state index in [9.17, 15) is 74.4 Å². The largest absolute Gasteiger partial charge is 0.441 e. The Morgan fingerprint density at radius 2 is 1.51 bits per heavy atom. The summed E-state index contributed by atoms with van der Waals surface area (Å²) in [5, 5.41) is 103. The first-order valence-electron chi connectivity index (χ1n) is 28.1. The fourth-order valence-electron chi connectivity index (χ4n) is 9.81. The molecule has 19 atom stereocenters. The van der Waals surface area contributed by atoms with Crippen molar-refractivity contribution in [2.24, 2.45) is 34.8 Å². The zero-order valence-electron chi connectivity index (χ0n) is 49.2. The van der Waals surface area contributed by atoms with Crippen LogP contribution in [0.5, 0.6) is 0 Å². The molecule has 6 rings (SSSR count). The molecular formula is C52H77N17O20S. The third-order valence-electron chi connectivity index (χ3n) is 15.0. The number of thiazole rings is 1. The van der Waals surface area contributed by atoms with Crippen molar-refractivity contribution < 1.29 is 98.2 Å². The second-order valence-corrected chi connectivity index (χ2v) is 22.6. The number of ether oxygens (including phenoxy) is 4. The summed E-state index contributed by atoms with van der Waals surface area (Å²) in [4.78, 5) is 132. The van der Waals surface area contributed by atoms with Gasteiger partial charge in [0, 0.05) is 49.7 Å². The molecule has 25 N–H and O–H groups in total. The average Bonchev–Trinajstić information content (AvgIpc) is 1.00. The number of aromatic amines is 2. The molecule has 496 valence electrons. The number of aliphatic hydroxyl groups is 8. The Labute approximate surface area is 516 Å². The summed E-state index contributed by atoms with van der Waals surface area (Å²) in [6.45, 7) is 4.21. The molecule has 2 fully saturated rings. The second-order valence-electron chi connectivity index (χ2n) is 21.7. The number of nitrogens with one attached hydrogen (secondary N) is 7. The highest BCUT2D eigenvalue weighted by Gasteiger charge is 2.53. The summed E-state index contributed by atoms with van der Waals surface area (Å²) in [6, 6.07) is -7.72. The number of nitrogens with zero attached hydrogens (tertiary/aromatic N) is 5. The van der Waals surface area contributed by atoms with Gasteiger partial charge in [-0.25, -0.2) is 29.7 Å². The van der Waals surface area contributed by atoms with Crippen molar-refractivity contribution >= 4 is 64.5 Å². The van der Waals surface area contributed by atoms with Crippen LogP contribution in [0.25, 0.3) is 11.5 Å². The fourth-order valence-corrected chi connectivity index (χ4v) is 10.6. The van der Waals surface area contributed by atoms with Crippen LogP contribution in [0, 0.1) is 18.8 Å². The molecule has 0 radical (unpaired) electrons. The SMILES string of the molecule is CC(=O)c1cnc(-c2csc(CCNC(=O)C(NC(=O)C(C)C(O)C(C)NC(=O)C(NC(=O)c3nc(C(CC(N)=O)NCC(N)C(N)=O)nc(N)c3C)C(OC3OC(CO)C(O)C(O)C3CC3OC(CO)C(O)C(OC(N)=O)C3O)c3cnc[nH]3)C(C)O)n2)[nH]1. The van der Waals surface area contributed by atoms with Crippen LogP contribution in [0.1, 0.15) is 95.7 Å². The summed E-state index contributed by atoms with van der Waals surface area (Å²) in [5.41, 5.74) is 28.2. The molecule has 2 saturated heterocycles. The quantitative estimate of drug-likeness (QED) is 0.0208. The van der Waals surface area contributed by atoms with Gasteiger partial charge in [-0.1, -0.05) is 6.92 Å². The van der Waals surface area contributed by atoms with E-state index in [1.807, 2.05) is 0 Å². The first-order valence-corrected chi connectivity index (χ1v) is 29.0. The van der Waals surface area contributed by atoms with Crippen molar-refractivity contribution in [2.45, 2.75) is 158 Å². The van der Waals surface area contributed by atoms with Crippen molar-refractivity contribution in [3.05, 3.63) is 57.6 Å². The van der Waals surface area contributed by atoms with Crippen LogP contribution in [0.4, 0.5) is 10.6 Å². The molecule has 0 saturated carbocycles. The lowest BCUT2D eigenvalue weighted by Crippen LogP contribution is -2.63. The number of hydrogen-bond acceptors (Lipinski definition) is 29. The van der Waals surface area contributed by atoms with Gasteiger partial charge in [0.15, 0.2) is 24.0 Å². The van der Waals surface area contributed by atoms with Gasteiger partial charge in [-0.15, -0.1) is 11.3 Å². The van der Waals surface area contributed by atoms with Gasteiger partial charge in [0.1, 0.15) is 77.4 Å². The van der Waals surface area contributed by atoms with Gasteiger partial charge in [0.25, 0.3) is 5.91 Å². The Morgan fingerprint density at radius 3 is 2.11 bits per heavy atom. The molecule has 2 aliphatic rings. The van der Waals surface area contributed by atoms with Gasteiger partial charge in [-0.2, -0.15) is 0 Å². The van der Waals surface area contributed by atoms with Crippen LogP contribution in [0.3, 0.4) is 0 Å². The summed E-state index contributed by atoms with van der Waals surface area (Å²) in [6.07, 6.45) is -20.3. The molecule has 0 aromatic carbocycles. The van der Waals surface area contributed by atoms with Gasteiger partial charge in [0.05, 0.1) is 91.1 Å². The average molecular weight is 1290 g/mol. The Hall–Kier alpha value is -7.83. The first-order chi connectivity index (χ1) is 42.5. The maximum atomic E-state index is 15.2. The highest BCUT2D eigenvalue weighted by molar-refractivity contribution is 7.09. The lowest BCUT2D eigenvalue weighted by molar-refractivity contribution is -0.310. The normalized spacial score (nSPS) is 24.8. The van der Waals surface area contributed by atoms with E-state index in [1.165, 1.54) is 52.2 Å². The lowest BCUT2D eigenvalue weighted by Gasteiger charge is -2.47. The summed E-state index contributed by atoms with van der Waals surface area (Å²) >= 11 is 1.25. The van der Waals surface area contributed by atoms with Gasteiger partial charge < -0.3 is 125 Å². The molecule has 38 heteroatoms. The first kappa shape index (κ1) is 71.2. The number of carbonyl (C=O) groups excluding carboxylic acids is 8. The van der Waals surface area contributed by atoms with Crippen molar-refractivity contribution in [1.82, 2.24) is 61.5 Å². The van der Waals surface area contributed by atoms with Crippen molar-refractivity contribution in [1.29, 1.82) is 0 Å². The molecule has 7 amide bonds. The maximum Gasteiger partial charge on any atom is 0.404 e. The highest BCUT2D eigenvalue weighted by atomic mass is 32.1. The van der Waals surface area contributed by atoms with E-state index in [0.717, 1.165) is 12.5 Å². The van der Waals surface area contributed by atoms with Crippen molar-refractivity contribution in [3.63, 3.8) is 0 Å². The third kappa shape index (κ3) is 17.8. The van der Waals surface area contributed by atoms with Gasteiger partial charge >= 0.3 is 6.09 Å². The van der Waals surface area contributed by atoms with Crippen LogP contribution < -0.4 is 55.3 Å². The Balaban J connectivity index is 1.31. The molecule has 37 nitrogen and oxygen atoms in total. The van der Waals surface area contributed by atoms with Gasteiger partial charge in [0.2, 0.25) is 29.5 Å². The molecule has 6 heterocycles. The number of nitrogens with two attached hydrogens (primary N) is 5. The number of imidazole rings is 2. The smallest absolute Gasteiger partial charge is 0.404 e. The van der Waals surface area contributed by atoms with Crippen LogP contribution >= 0.6 is 11.3 Å². The van der Waals surface area contributed by atoms with Crippen molar-refractivity contribution in [2.75, 3.05) is 32.0 Å². The number of aromatic nitrogens is 7. The van der Waals surface area contributed by atoms with E-state index >= 15 is 4.79 Å². The molecule has 4 aromatic rings. The minimum absolute atomic E-state index is 0.00364. The number of amides is 7. The van der Waals surface area contributed by atoms with E-state index in [4.69, 9.17) is 47.6 Å². The number of primary amides is 3. The van der Waals surface area contributed by atoms with Crippen LogP contribution in [0.2, 0.25) is 0 Å². The summed E-state index contributed by atoms with van der Waals surface area (Å²) in [5.74, 6) is -9.71. The van der Waals surface area contributed by atoms with E-state index in [-0.39, 0.29) is 48.2 Å². The van der Waals surface area contributed by atoms with Gasteiger partial charge in [-0.05, 0) is 27.2 Å². The van der Waals surface area contributed by atoms with E-state index in [0.29, 0.717) is 22.2 Å². The summed E-state index contributed by atoms with van der Waals surface area (Å²) < 4.78 is 23.3. The van der Waals surface area contributed by atoms with Crippen LogP contribution in [-0.2, 0) is 49.3 Å². The monoisotopic (exact) mass is 1290 g/mol. The number of H-pyrrole nitrogens is 2. The van der Waals surface area contributed by atoms with Crippen molar-refractivity contribution in [3.8, 4) is 11.5 Å². The predicted octanol–water partition coefficient (Wildman–Crippen LogP) is -7.57. The minimum atomic E-state index is -2.12. The Morgan fingerprint density at radius 1 is 0.833 bits per heavy atom. The molecule has 19 unspecified atom stereocenters. The molecule has 0 spiro atoms. The number of aliphatic hydroxyl groups excluding tert-OH is 8.